The monoisotopic (exact) mass is 310 g/mol. The van der Waals surface area contributed by atoms with E-state index in [2.05, 4.69) is 0 Å². The molecule has 2 rings (SSSR count). The predicted molar refractivity (Wildman–Crippen MR) is 83.3 cm³/mol. The quantitative estimate of drug-likeness (QED) is 0.733. The topological polar surface area (TPSA) is 18.5 Å². The minimum Gasteiger partial charge on any atom is -0.493 e. The van der Waals surface area contributed by atoms with Crippen LogP contribution in [0, 0.1) is 0 Å². The minimum atomic E-state index is -0.210. The third-order valence-electron chi connectivity index (χ3n) is 3.07. The molecule has 0 aliphatic carbocycles. The van der Waals surface area contributed by atoms with E-state index in [1.807, 2.05) is 42.5 Å². The Morgan fingerprint density at radius 3 is 2.45 bits per heavy atom. The predicted octanol–water partition coefficient (Wildman–Crippen LogP) is 4.88. The Morgan fingerprint density at radius 2 is 1.80 bits per heavy atom. The lowest BCUT2D eigenvalue weighted by molar-refractivity contribution is 0.351. The molecule has 106 valence electrons. The van der Waals surface area contributed by atoms with Crippen molar-refractivity contribution in [2.45, 2.75) is 11.8 Å². The molecule has 0 radical (unpaired) electrons. The van der Waals surface area contributed by atoms with Crippen LogP contribution in [-0.2, 0) is 6.42 Å². The van der Waals surface area contributed by atoms with Gasteiger partial charge in [0.25, 0.3) is 0 Å². The Kier molecular flexibility index (Phi) is 5.16. The molecule has 0 bridgehead atoms. The molecule has 4 heteroatoms. The van der Waals surface area contributed by atoms with E-state index >= 15 is 0 Å². The maximum Gasteiger partial charge on any atom is 0.165 e. The van der Waals surface area contributed by atoms with Gasteiger partial charge in [0.1, 0.15) is 0 Å². The lowest BCUT2D eigenvalue weighted by Crippen LogP contribution is -2.01. The van der Waals surface area contributed by atoms with Crippen LogP contribution in [0.15, 0.2) is 42.5 Å². The van der Waals surface area contributed by atoms with E-state index in [1.165, 1.54) is 0 Å². The number of rotatable bonds is 5. The zero-order valence-corrected chi connectivity index (χ0v) is 12.9. The Balaban J connectivity index is 2.27. The van der Waals surface area contributed by atoms with E-state index in [0.717, 1.165) is 11.1 Å². The van der Waals surface area contributed by atoms with Crippen molar-refractivity contribution >= 4 is 23.2 Å². The van der Waals surface area contributed by atoms with Gasteiger partial charge in [0.2, 0.25) is 0 Å². The Hall–Kier alpha value is -1.38. The second kappa shape index (κ2) is 6.87. The average Bonchev–Trinajstić information content (AvgIpc) is 2.46. The first-order chi connectivity index (χ1) is 9.65. The van der Waals surface area contributed by atoms with Crippen molar-refractivity contribution in [2.24, 2.45) is 0 Å². The molecule has 2 aromatic carbocycles. The first-order valence-corrected chi connectivity index (χ1v) is 7.06. The fourth-order valence-corrected chi connectivity index (χ4v) is 2.70. The van der Waals surface area contributed by atoms with E-state index in [4.69, 9.17) is 32.7 Å². The van der Waals surface area contributed by atoms with Crippen LogP contribution in [0.2, 0.25) is 5.02 Å². The Morgan fingerprint density at radius 1 is 1.05 bits per heavy atom. The van der Waals surface area contributed by atoms with E-state index in [1.54, 1.807) is 14.2 Å². The van der Waals surface area contributed by atoms with E-state index in [-0.39, 0.29) is 5.38 Å². The normalized spacial score (nSPS) is 12.0. The smallest absolute Gasteiger partial charge is 0.165 e. The fraction of sp³-hybridized carbons (Fsp3) is 0.250. The van der Waals surface area contributed by atoms with Crippen LogP contribution in [0.4, 0.5) is 0 Å². The van der Waals surface area contributed by atoms with Gasteiger partial charge >= 0.3 is 0 Å². The van der Waals surface area contributed by atoms with Gasteiger partial charge in [0.05, 0.1) is 19.6 Å². The van der Waals surface area contributed by atoms with Crippen LogP contribution in [0.25, 0.3) is 0 Å². The van der Waals surface area contributed by atoms with Crippen molar-refractivity contribution in [2.75, 3.05) is 14.2 Å². The maximum absolute atomic E-state index is 6.53. The zero-order valence-electron chi connectivity index (χ0n) is 11.4. The second-order valence-corrected chi connectivity index (χ2v) is 5.35. The third-order valence-corrected chi connectivity index (χ3v) is 3.70. The Labute approximate surface area is 129 Å². The van der Waals surface area contributed by atoms with Crippen LogP contribution >= 0.6 is 23.2 Å². The summed E-state index contributed by atoms with van der Waals surface area (Å²) in [6.45, 7) is 0. The van der Waals surface area contributed by atoms with Gasteiger partial charge in [-0.3, -0.25) is 0 Å². The Bertz CT molecular complexity index is 584. The summed E-state index contributed by atoms with van der Waals surface area (Å²) in [6, 6.07) is 13.4. The standard InChI is InChI=1S/C16H16Cl2O2/c1-19-15-8-4-7-13(16(15)20-2)14(18)10-11-5-3-6-12(17)9-11/h3-9,14H,10H2,1-2H3. The van der Waals surface area contributed by atoms with Crippen molar-refractivity contribution in [3.63, 3.8) is 0 Å². The molecular formula is C16H16Cl2O2. The molecule has 0 saturated heterocycles. The highest BCUT2D eigenvalue weighted by atomic mass is 35.5. The molecule has 0 aromatic heterocycles. The maximum atomic E-state index is 6.53. The van der Waals surface area contributed by atoms with Crippen molar-refractivity contribution in [1.29, 1.82) is 0 Å². The number of methoxy groups -OCH3 is 2. The SMILES string of the molecule is COc1cccc(C(Cl)Cc2cccc(Cl)c2)c1OC. The summed E-state index contributed by atoms with van der Waals surface area (Å²) in [7, 11) is 3.23. The van der Waals surface area contributed by atoms with E-state index in [0.29, 0.717) is 22.9 Å². The van der Waals surface area contributed by atoms with Gasteiger partial charge < -0.3 is 9.47 Å². The second-order valence-electron chi connectivity index (χ2n) is 4.38. The lowest BCUT2D eigenvalue weighted by atomic mass is 10.0. The summed E-state index contributed by atoms with van der Waals surface area (Å²) in [4.78, 5) is 0. The number of para-hydroxylation sites is 1. The largest absolute Gasteiger partial charge is 0.493 e. The molecule has 0 saturated carbocycles. The molecule has 0 aliphatic heterocycles. The van der Waals surface area contributed by atoms with Gasteiger partial charge in [0, 0.05) is 10.6 Å². The molecular weight excluding hydrogens is 295 g/mol. The molecule has 0 heterocycles. The van der Waals surface area contributed by atoms with Gasteiger partial charge in [-0.2, -0.15) is 0 Å². The first-order valence-electron chi connectivity index (χ1n) is 6.25. The van der Waals surface area contributed by atoms with Gasteiger partial charge in [-0.1, -0.05) is 35.9 Å². The summed E-state index contributed by atoms with van der Waals surface area (Å²) < 4.78 is 10.7. The van der Waals surface area contributed by atoms with Gasteiger partial charge in [-0.25, -0.2) is 0 Å². The third kappa shape index (κ3) is 3.38. The van der Waals surface area contributed by atoms with Gasteiger partial charge in [-0.15, -0.1) is 11.6 Å². The number of halogens is 2. The summed E-state index contributed by atoms with van der Waals surface area (Å²) in [5.41, 5.74) is 2.00. The van der Waals surface area contributed by atoms with E-state index < -0.39 is 0 Å². The van der Waals surface area contributed by atoms with Crippen LogP contribution in [-0.4, -0.2) is 14.2 Å². The minimum absolute atomic E-state index is 0.210. The number of hydrogen-bond donors (Lipinski definition) is 0. The summed E-state index contributed by atoms with van der Waals surface area (Å²) in [5.74, 6) is 1.36. The molecule has 0 aliphatic rings. The molecule has 2 aromatic rings. The van der Waals surface area contributed by atoms with Crippen molar-refractivity contribution in [3.05, 3.63) is 58.6 Å². The van der Waals surface area contributed by atoms with Gasteiger partial charge in [0.15, 0.2) is 11.5 Å². The molecule has 0 spiro atoms. The van der Waals surface area contributed by atoms with Crippen LogP contribution in [0.3, 0.4) is 0 Å². The zero-order chi connectivity index (χ0) is 14.5. The molecule has 2 nitrogen and oxygen atoms in total. The lowest BCUT2D eigenvalue weighted by Gasteiger charge is -2.16. The summed E-state index contributed by atoms with van der Waals surface area (Å²) in [5, 5.41) is 0.502. The molecule has 0 N–H and O–H groups in total. The summed E-state index contributed by atoms with van der Waals surface area (Å²) >= 11 is 12.5. The van der Waals surface area contributed by atoms with Crippen LogP contribution in [0.1, 0.15) is 16.5 Å². The molecule has 20 heavy (non-hydrogen) atoms. The molecule has 0 fully saturated rings. The number of ether oxygens (including phenoxy) is 2. The highest BCUT2D eigenvalue weighted by Crippen LogP contribution is 2.38. The first kappa shape index (κ1) is 15.0. The summed E-state index contributed by atoms with van der Waals surface area (Å²) in [6.07, 6.45) is 0.672. The average molecular weight is 311 g/mol. The number of hydrogen-bond acceptors (Lipinski definition) is 2. The highest BCUT2D eigenvalue weighted by Gasteiger charge is 2.17. The van der Waals surface area contributed by atoms with Crippen molar-refractivity contribution in [1.82, 2.24) is 0 Å². The van der Waals surface area contributed by atoms with Crippen molar-refractivity contribution in [3.8, 4) is 11.5 Å². The van der Waals surface area contributed by atoms with E-state index in [9.17, 15) is 0 Å². The molecule has 0 amide bonds. The van der Waals surface area contributed by atoms with Crippen LogP contribution < -0.4 is 9.47 Å². The van der Waals surface area contributed by atoms with Gasteiger partial charge in [-0.05, 0) is 30.2 Å². The molecule has 1 unspecified atom stereocenters. The fourth-order valence-electron chi connectivity index (χ4n) is 2.14. The number of alkyl halides is 1. The van der Waals surface area contributed by atoms with Crippen molar-refractivity contribution < 1.29 is 9.47 Å². The number of benzene rings is 2. The van der Waals surface area contributed by atoms with Crippen LogP contribution in [0.5, 0.6) is 11.5 Å². The highest BCUT2D eigenvalue weighted by molar-refractivity contribution is 6.30. The molecule has 1 atom stereocenters.